The molecule has 0 aliphatic heterocycles. The molecule has 0 heterocycles. The number of hydrogen-bond acceptors (Lipinski definition) is 0. The number of unbranched alkanes of at least 4 members (excludes halogenated alkanes) is 1. The first kappa shape index (κ1) is 23.3. The zero-order valence-corrected chi connectivity index (χ0v) is 17.8. The molecule has 2 aliphatic rings. The third-order valence-electron chi connectivity index (χ3n) is 7.37. The molecule has 0 radical (unpaired) electrons. The lowest BCUT2D eigenvalue weighted by Crippen LogP contribution is -2.25. The van der Waals surface area contributed by atoms with Crippen molar-refractivity contribution in [2.75, 3.05) is 0 Å². The van der Waals surface area contributed by atoms with Crippen LogP contribution in [0.3, 0.4) is 0 Å². The summed E-state index contributed by atoms with van der Waals surface area (Å²) in [6, 6.07) is 1.80. The fraction of sp³-hybridized carbons (Fsp3) is 0.680. The highest BCUT2D eigenvalue weighted by Gasteiger charge is 2.39. The predicted molar refractivity (Wildman–Crippen MR) is 110 cm³/mol. The van der Waals surface area contributed by atoms with Crippen LogP contribution in [-0.2, 0) is 6.18 Å². The van der Waals surface area contributed by atoms with E-state index in [1.54, 1.807) is 0 Å². The molecule has 168 valence electrons. The van der Waals surface area contributed by atoms with Crippen LogP contribution in [0.5, 0.6) is 0 Å². The first-order valence-corrected chi connectivity index (χ1v) is 11.5. The van der Waals surface area contributed by atoms with E-state index in [-0.39, 0.29) is 5.92 Å². The van der Waals surface area contributed by atoms with Crippen LogP contribution in [0.1, 0.15) is 94.6 Å². The second kappa shape index (κ2) is 10.3. The summed E-state index contributed by atoms with van der Waals surface area (Å²) >= 11 is 0. The van der Waals surface area contributed by atoms with Crippen LogP contribution in [-0.4, -0.2) is 0 Å². The van der Waals surface area contributed by atoms with E-state index in [9.17, 15) is 22.0 Å². The van der Waals surface area contributed by atoms with E-state index in [0.717, 1.165) is 49.7 Å². The maximum atomic E-state index is 13.9. The van der Waals surface area contributed by atoms with Gasteiger partial charge in [-0.15, -0.1) is 0 Å². The molecule has 0 unspecified atom stereocenters. The van der Waals surface area contributed by atoms with Crippen LogP contribution in [0.25, 0.3) is 0 Å². The summed E-state index contributed by atoms with van der Waals surface area (Å²) in [5.41, 5.74) is -1.40. The van der Waals surface area contributed by atoms with Gasteiger partial charge in [-0.3, -0.25) is 0 Å². The van der Waals surface area contributed by atoms with Crippen molar-refractivity contribution < 1.29 is 22.0 Å². The average Bonchev–Trinajstić information content (AvgIpc) is 2.70. The number of rotatable bonds is 6. The van der Waals surface area contributed by atoms with Crippen LogP contribution >= 0.6 is 0 Å². The van der Waals surface area contributed by atoms with Crippen molar-refractivity contribution >= 4 is 0 Å². The normalized spacial score (nSPS) is 28.2. The van der Waals surface area contributed by atoms with Crippen LogP contribution in [0.15, 0.2) is 24.3 Å². The molecule has 1 aromatic carbocycles. The molecule has 0 atom stereocenters. The van der Waals surface area contributed by atoms with Crippen LogP contribution in [0.2, 0.25) is 0 Å². The Morgan fingerprint density at radius 1 is 0.867 bits per heavy atom. The van der Waals surface area contributed by atoms with Crippen molar-refractivity contribution in [2.24, 2.45) is 17.8 Å². The van der Waals surface area contributed by atoms with Gasteiger partial charge in [0.2, 0.25) is 0 Å². The van der Waals surface area contributed by atoms with Gasteiger partial charge in [-0.05, 0) is 99.7 Å². The van der Waals surface area contributed by atoms with Gasteiger partial charge in [0.05, 0.1) is 0 Å². The molecule has 1 aromatic rings. The third-order valence-corrected chi connectivity index (χ3v) is 7.37. The highest BCUT2D eigenvalue weighted by molar-refractivity contribution is 5.30. The van der Waals surface area contributed by atoms with E-state index in [4.69, 9.17) is 0 Å². The quantitative estimate of drug-likeness (QED) is 0.241. The van der Waals surface area contributed by atoms with Gasteiger partial charge in [0.15, 0.2) is 0 Å². The smallest absolute Gasteiger partial charge is 0.206 e. The summed E-state index contributed by atoms with van der Waals surface area (Å²) in [7, 11) is 0. The SMILES string of the molecule is C/C=C/CCCC1CCC(C2CCC(c3cc(F)c(C(F)(F)F)c(F)c3)CC2)CC1. The first-order chi connectivity index (χ1) is 14.3. The van der Waals surface area contributed by atoms with Gasteiger partial charge in [-0.1, -0.05) is 31.4 Å². The lowest BCUT2D eigenvalue weighted by Gasteiger charge is -2.38. The van der Waals surface area contributed by atoms with Gasteiger partial charge >= 0.3 is 6.18 Å². The van der Waals surface area contributed by atoms with Crippen molar-refractivity contribution in [3.05, 3.63) is 47.0 Å². The molecule has 3 rings (SSSR count). The van der Waals surface area contributed by atoms with E-state index >= 15 is 0 Å². The zero-order valence-electron chi connectivity index (χ0n) is 17.8. The summed E-state index contributed by atoms with van der Waals surface area (Å²) in [4.78, 5) is 0. The van der Waals surface area contributed by atoms with Gasteiger partial charge in [0.25, 0.3) is 0 Å². The van der Waals surface area contributed by atoms with E-state index in [1.807, 2.05) is 0 Å². The van der Waals surface area contributed by atoms with Crippen molar-refractivity contribution in [3.8, 4) is 0 Å². The van der Waals surface area contributed by atoms with E-state index < -0.39 is 23.4 Å². The molecule has 0 amide bonds. The molecule has 2 saturated carbocycles. The molecule has 0 nitrogen and oxygen atoms in total. The monoisotopic (exact) mass is 428 g/mol. The Labute approximate surface area is 176 Å². The van der Waals surface area contributed by atoms with Gasteiger partial charge in [0.1, 0.15) is 17.2 Å². The Bertz CT molecular complexity index is 682. The van der Waals surface area contributed by atoms with Gasteiger partial charge in [-0.25, -0.2) is 8.78 Å². The topological polar surface area (TPSA) is 0 Å². The number of allylic oxidation sites excluding steroid dienone is 2. The molecule has 0 bridgehead atoms. The van der Waals surface area contributed by atoms with Crippen molar-refractivity contribution in [2.45, 2.75) is 89.6 Å². The largest absolute Gasteiger partial charge is 0.422 e. The van der Waals surface area contributed by atoms with Crippen molar-refractivity contribution in [1.29, 1.82) is 0 Å². The van der Waals surface area contributed by atoms with Gasteiger partial charge in [0, 0.05) is 0 Å². The maximum Gasteiger partial charge on any atom is 0.422 e. The lowest BCUT2D eigenvalue weighted by molar-refractivity contribution is -0.142. The third kappa shape index (κ3) is 5.85. The highest BCUT2D eigenvalue weighted by Crippen LogP contribution is 2.45. The van der Waals surface area contributed by atoms with E-state index in [2.05, 4.69) is 19.1 Å². The van der Waals surface area contributed by atoms with Crippen molar-refractivity contribution in [1.82, 2.24) is 0 Å². The zero-order chi connectivity index (χ0) is 21.7. The Morgan fingerprint density at radius 3 is 1.90 bits per heavy atom. The molecular formula is C25H33F5. The van der Waals surface area contributed by atoms with E-state index in [1.165, 1.54) is 44.9 Å². The molecule has 30 heavy (non-hydrogen) atoms. The molecule has 0 saturated heterocycles. The minimum absolute atomic E-state index is 0.0458. The summed E-state index contributed by atoms with van der Waals surface area (Å²) < 4.78 is 66.2. The van der Waals surface area contributed by atoms with Crippen LogP contribution < -0.4 is 0 Å². The number of hydrogen-bond donors (Lipinski definition) is 0. The summed E-state index contributed by atoms with van der Waals surface area (Å²) in [6.07, 6.45) is 11.9. The van der Waals surface area contributed by atoms with Gasteiger partial charge < -0.3 is 0 Å². The number of benzene rings is 1. The summed E-state index contributed by atoms with van der Waals surface area (Å²) in [6.45, 7) is 2.06. The Morgan fingerprint density at radius 2 is 1.40 bits per heavy atom. The highest BCUT2D eigenvalue weighted by atomic mass is 19.4. The molecular weight excluding hydrogens is 395 g/mol. The summed E-state index contributed by atoms with van der Waals surface area (Å²) in [5.74, 6) is -0.802. The number of alkyl halides is 3. The second-order valence-corrected chi connectivity index (χ2v) is 9.25. The predicted octanol–water partition coefficient (Wildman–Crippen LogP) is 8.81. The van der Waals surface area contributed by atoms with Crippen molar-refractivity contribution in [3.63, 3.8) is 0 Å². The molecule has 2 fully saturated rings. The lowest BCUT2D eigenvalue weighted by atomic mass is 9.68. The average molecular weight is 429 g/mol. The fourth-order valence-corrected chi connectivity index (χ4v) is 5.66. The molecule has 0 spiro atoms. The molecule has 5 heteroatoms. The number of halogens is 5. The van der Waals surface area contributed by atoms with Crippen LogP contribution in [0.4, 0.5) is 22.0 Å². The molecule has 0 aromatic heterocycles. The minimum Gasteiger partial charge on any atom is -0.206 e. The standard InChI is InChI=1S/C25H33F5/c1-2-3-4-5-6-17-7-9-18(10-8-17)19-11-13-20(14-12-19)21-15-22(26)24(23(27)16-21)25(28,29)30/h2-3,15-20H,4-14H2,1H3/b3-2+. The fourth-order valence-electron chi connectivity index (χ4n) is 5.66. The molecule has 0 N–H and O–H groups in total. The first-order valence-electron chi connectivity index (χ1n) is 11.5. The molecule has 2 aliphatic carbocycles. The maximum absolute atomic E-state index is 13.9. The Hall–Kier alpha value is -1.39. The van der Waals surface area contributed by atoms with E-state index in [0.29, 0.717) is 11.5 Å². The second-order valence-electron chi connectivity index (χ2n) is 9.25. The Kier molecular flexibility index (Phi) is 7.98. The van der Waals surface area contributed by atoms with Crippen LogP contribution in [0, 0.1) is 29.4 Å². The minimum atomic E-state index is -5.00. The summed E-state index contributed by atoms with van der Waals surface area (Å²) in [5, 5.41) is 0. The van der Waals surface area contributed by atoms with Gasteiger partial charge in [-0.2, -0.15) is 13.2 Å². The Balaban J connectivity index is 1.49.